The molecule has 9 nitrogen and oxygen atoms in total. The SMILES string of the molecule is CCC(=O)N1CCC(NC(=NC)NCCCN2CCN(c3ncccn3)CC2)C1.I. The van der Waals surface area contributed by atoms with Gasteiger partial charge < -0.3 is 20.4 Å². The topological polar surface area (TPSA) is 89.0 Å². The fraction of sp³-hybridized carbons (Fsp3) is 0.700. The number of guanidine groups is 1. The summed E-state index contributed by atoms with van der Waals surface area (Å²) < 4.78 is 0. The van der Waals surface area contributed by atoms with Gasteiger partial charge in [-0.3, -0.25) is 14.7 Å². The van der Waals surface area contributed by atoms with Gasteiger partial charge in [0, 0.05) is 77.7 Å². The molecule has 168 valence electrons. The van der Waals surface area contributed by atoms with E-state index in [2.05, 4.69) is 35.4 Å². The minimum atomic E-state index is 0. The average molecular weight is 530 g/mol. The molecule has 1 aromatic heterocycles. The van der Waals surface area contributed by atoms with Gasteiger partial charge in [0.05, 0.1) is 0 Å². The smallest absolute Gasteiger partial charge is 0.225 e. The normalized spacial score (nSPS) is 20.1. The van der Waals surface area contributed by atoms with Crippen molar-refractivity contribution in [3.63, 3.8) is 0 Å². The number of hydrogen-bond acceptors (Lipinski definition) is 6. The molecule has 0 aliphatic carbocycles. The maximum atomic E-state index is 11.8. The summed E-state index contributed by atoms with van der Waals surface area (Å²) in [5, 5.41) is 6.85. The largest absolute Gasteiger partial charge is 0.356 e. The van der Waals surface area contributed by atoms with E-state index in [9.17, 15) is 4.79 Å². The highest BCUT2D eigenvalue weighted by molar-refractivity contribution is 14.0. The van der Waals surface area contributed by atoms with Crippen LogP contribution < -0.4 is 15.5 Å². The minimum absolute atomic E-state index is 0. The molecule has 1 atom stereocenters. The predicted octanol–water partition coefficient (Wildman–Crippen LogP) is 0.783. The molecule has 0 bridgehead atoms. The van der Waals surface area contributed by atoms with E-state index in [1.165, 1.54) is 0 Å². The second kappa shape index (κ2) is 12.9. The number of carbonyl (C=O) groups is 1. The molecule has 10 heteroatoms. The Morgan fingerprint density at radius 1 is 1.20 bits per heavy atom. The van der Waals surface area contributed by atoms with Gasteiger partial charge in [-0.05, 0) is 25.5 Å². The Bertz CT molecular complexity index is 666. The van der Waals surface area contributed by atoms with Gasteiger partial charge in [0.2, 0.25) is 11.9 Å². The molecule has 2 aliphatic rings. The van der Waals surface area contributed by atoms with E-state index < -0.39 is 0 Å². The first-order valence-corrected chi connectivity index (χ1v) is 10.7. The summed E-state index contributed by atoms with van der Waals surface area (Å²) in [5.41, 5.74) is 0. The standard InChI is InChI=1S/C20H34N8O.HI/c1-3-18(29)28-11-6-17(16-28)25-19(21-2)22-9-5-10-26-12-14-27(15-13-26)20-23-7-4-8-24-20;/h4,7-8,17H,3,5-6,9-16H2,1-2H3,(H2,21,22,25);1H. The van der Waals surface area contributed by atoms with Crippen molar-refractivity contribution >= 4 is 41.8 Å². The Morgan fingerprint density at radius 2 is 1.93 bits per heavy atom. The first kappa shape index (κ1) is 24.6. The van der Waals surface area contributed by atoms with Crippen molar-refractivity contribution in [1.29, 1.82) is 0 Å². The lowest BCUT2D eigenvalue weighted by Gasteiger charge is -2.34. The van der Waals surface area contributed by atoms with Gasteiger partial charge in [-0.25, -0.2) is 9.97 Å². The van der Waals surface area contributed by atoms with Crippen LogP contribution in [-0.4, -0.2) is 97.1 Å². The van der Waals surface area contributed by atoms with Crippen LogP contribution in [0.4, 0.5) is 5.95 Å². The highest BCUT2D eigenvalue weighted by atomic mass is 127. The van der Waals surface area contributed by atoms with Crippen molar-refractivity contribution < 1.29 is 4.79 Å². The molecule has 30 heavy (non-hydrogen) atoms. The highest BCUT2D eigenvalue weighted by Gasteiger charge is 2.25. The van der Waals surface area contributed by atoms with Gasteiger partial charge >= 0.3 is 0 Å². The maximum Gasteiger partial charge on any atom is 0.225 e. The zero-order chi connectivity index (χ0) is 20.5. The van der Waals surface area contributed by atoms with Gasteiger partial charge in [0.15, 0.2) is 5.96 Å². The Morgan fingerprint density at radius 3 is 2.60 bits per heavy atom. The maximum absolute atomic E-state index is 11.8. The van der Waals surface area contributed by atoms with E-state index in [0.717, 1.165) is 77.1 Å². The number of rotatable bonds is 7. The van der Waals surface area contributed by atoms with Crippen LogP contribution in [-0.2, 0) is 4.79 Å². The molecule has 0 saturated carbocycles. The molecule has 2 fully saturated rings. The number of halogens is 1. The number of aromatic nitrogens is 2. The van der Waals surface area contributed by atoms with Gasteiger partial charge in [0.1, 0.15) is 0 Å². The molecule has 0 radical (unpaired) electrons. The van der Waals surface area contributed by atoms with Gasteiger partial charge in [-0.2, -0.15) is 0 Å². The van der Waals surface area contributed by atoms with E-state index in [4.69, 9.17) is 0 Å². The number of hydrogen-bond donors (Lipinski definition) is 2. The molecule has 3 heterocycles. The monoisotopic (exact) mass is 530 g/mol. The summed E-state index contributed by atoms with van der Waals surface area (Å²) in [6.07, 6.45) is 6.21. The van der Waals surface area contributed by atoms with Gasteiger partial charge in [-0.15, -0.1) is 24.0 Å². The number of aliphatic imine (C=N–C) groups is 1. The molecule has 1 amide bonds. The van der Waals surface area contributed by atoms with E-state index in [1.54, 1.807) is 19.4 Å². The summed E-state index contributed by atoms with van der Waals surface area (Å²) in [4.78, 5) is 31.5. The molecule has 2 N–H and O–H groups in total. The molecule has 3 rings (SSSR count). The van der Waals surface area contributed by atoms with Crippen LogP contribution in [0.5, 0.6) is 0 Å². The number of piperazine rings is 1. The molecule has 2 aliphatic heterocycles. The van der Waals surface area contributed by atoms with Crippen molar-refractivity contribution in [1.82, 2.24) is 30.4 Å². The van der Waals surface area contributed by atoms with Crippen molar-refractivity contribution in [3.05, 3.63) is 18.5 Å². The first-order chi connectivity index (χ1) is 14.2. The number of nitrogens with one attached hydrogen (secondary N) is 2. The zero-order valence-corrected chi connectivity index (χ0v) is 20.4. The van der Waals surface area contributed by atoms with Crippen LogP contribution >= 0.6 is 24.0 Å². The van der Waals surface area contributed by atoms with Crippen LogP contribution in [0, 0.1) is 0 Å². The lowest BCUT2D eigenvalue weighted by molar-refractivity contribution is -0.129. The van der Waals surface area contributed by atoms with Gasteiger partial charge in [0.25, 0.3) is 0 Å². The Hall–Kier alpha value is -1.69. The lowest BCUT2D eigenvalue weighted by Crippen LogP contribution is -2.48. The van der Waals surface area contributed by atoms with Crippen LogP contribution in [0.15, 0.2) is 23.5 Å². The first-order valence-electron chi connectivity index (χ1n) is 10.7. The van der Waals surface area contributed by atoms with Crippen molar-refractivity contribution in [2.75, 3.05) is 64.3 Å². The van der Waals surface area contributed by atoms with Crippen LogP contribution in [0.25, 0.3) is 0 Å². The number of anilines is 1. The molecular formula is C20H35IN8O. The third kappa shape index (κ3) is 7.22. The molecule has 1 unspecified atom stereocenters. The molecule has 1 aromatic rings. The van der Waals surface area contributed by atoms with E-state index in [1.807, 2.05) is 17.9 Å². The Labute approximate surface area is 196 Å². The lowest BCUT2D eigenvalue weighted by atomic mass is 10.2. The zero-order valence-electron chi connectivity index (χ0n) is 18.1. The van der Waals surface area contributed by atoms with E-state index in [-0.39, 0.29) is 35.9 Å². The second-order valence-electron chi connectivity index (χ2n) is 7.55. The number of amides is 1. The Balaban J connectivity index is 0.00000320. The van der Waals surface area contributed by atoms with Crippen molar-refractivity contribution in [2.24, 2.45) is 4.99 Å². The summed E-state index contributed by atoms with van der Waals surface area (Å²) in [6, 6.07) is 2.13. The number of likely N-dealkylation sites (tertiary alicyclic amines) is 1. The molecule has 0 spiro atoms. The van der Waals surface area contributed by atoms with Crippen LogP contribution in [0.3, 0.4) is 0 Å². The third-order valence-electron chi connectivity index (χ3n) is 5.56. The molecule has 0 aromatic carbocycles. The van der Waals surface area contributed by atoms with Crippen molar-refractivity contribution in [2.45, 2.75) is 32.2 Å². The number of nitrogens with zero attached hydrogens (tertiary/aromatic N) is 6. The second-order valence-corrected chi connectivity index (χ2v) is 7.55. The Kier molecular flexibility index (Phi) is 10.6. The summed E-state index contributed by atoms with van der Waals surface area (Å²) >= 11 is 0. The van der Waals surface area contributed by atoms with E-state index in [0.29, 0.717) is 6.42 Å². The van der Waals surface area contributed by atoms with Crippen LogP contribution in [0.1, 0.15) is 26.2 Å². The predicted molar refractivity (Wildman–Crippen MR) is 130 cm³/mol. The highest BCUT2D eigenvalue weighted by Crippen LogP contribution is 2.11. The summed E-state index contributed by atoms with van der Waals surface area (Å²) in [7, 11) is 1.80. The minimum Gasteiger partial charge on any atom is -0.356 e. The van der Waals surface area contributed by atoms with Crippen molar-refractivity contribution in [3.8, 4) is 0 Å². The van der Waals surface area contributed by atoms with E-state index >= 15 is 0 Å². The quantitative estimate of drug-likeness (QED) is 0.233. The number of carbonyl (C=O) groups excluding carboxylic acids is 1. The fourth-order valence-corrected chi connectivity index (χ4v) is 3.85. The van der Waals surface area contributed by atoms with Crippen LogP contribution in [0.2, 0.25) is 0 Å². The van der Waals surface area contributed by atoms with Gasteiger partial charge in [-0.1, -0.05) is 6.92 Å². The average Bonchev–Trinajstić information content (AvgIpc) is 3.25. The third-order valence-corrected chi connectivity index (χ3v) is 5.56. The fourth-order valence-electron chi connectivity index (χ4n) is 3.85. The summed E-state index contributed by atoms with van der Waals surface area (Å²) in [5.74, 6) is 1.89. The summed E-state index contributed by atoms with van der Waals surface area (Å²) in [6.45, 7) is 9.47. The molecule has 2 saturated heterocycles. The molecular weight excluding hydrogens is 495 g/mol.